The minimum atomic E-state index is -3.89. The number of halogens is 1. The van der Waals surface area contributed by atoms with Gasteiger partial charge in [-0.1, -0.05) is 42.8 Å². The Bertz CT molecular complexity index is 1090. The van der Waals surface area contributed by atoms with Gasteiger partial charge in [-0.25, -0.2) is 12.8 Å². The van der Waals surface area contributed by atoms with Crippen molar-refractivity contribution < 1.29 is 22.4 Å². The van der Waals surface area contributed by atoms with E-state index in [9.17, 15) is 22.4 Å². The average Bonchev–Trinajstić information content (AvgIpc) is 2.74. The Labute approximate surface area is 195 Å². The van der Waals surface area contributed by atoms with Crippen molar-refractivity contribution >= 4 is 27.5 Å². The van der Waals surface area contributed by atoms with Gasteiger partial charge in [0.25, 0.3) is 0 Å². The molecule has 2 aromatic carbocycles. The summed E-state index contributed by atoms with van der Waals surface area (Å²) in [6.45, 7) is 6.90. The smallest absolute Gasteiger partial charge is 0.244 e. The number of nitrogens with zero attached hydrogens (tertiary/aromatic N) is 2. The third-order valence-electron chi connectivity index (χ3n) is 5.38. The standard InChI is InChI=1S/C24H32FN3O4S/c1-6-18(3)26-24(30)19(4)27(15-20-10-7-9-17(2)13-20)23(29)16-28(33(5,31)32)22-12-8-11-21(25)14-22/h7-14,18-19H,6,15-16H2,1-5H3,(H,26,30)/t18-,19-/m0/s1. The van der Waals surface area contributed by atoms with Crippen LogP contribution < -0.4 is 9.62 Å². The Morgan fingerprint density at radius 2 is 1.76 bits per heavy atom. The van der Waals surface area contributed by atoms with Gasteiger partial charge in [-0.2, -0.15) is 0 Å². The Balaban J connectivity index is 2.38. The molecule has 2 aromatic rings. The molecule has 0 aromatic heterocycles. The van der Waals surface area contributed by atoms with E-state index in [1.54, 1.807) is 6.92 Å². The van der Waals surface area contributed by atoms with Crippen LogP contribution in [-0.2, 0) is 26.2 Å². The zero-order valence-corrected chi connectivity index (χ0v) is 20.5. The van der Waals surface area contributed by atoms with Gasteiger partial charge in [-0.05, 0) is 51.0 Å². The largest absolute Gasteiger partial charge is 0.352 e. The molecular formula is C24H32FN3O4S. The predicted molar refractivity (Wildman–Crippen MR) is 128 cm³/mol. The average molecular weight is 478 g/mol. The number of nitrogens with one attached hydrogen (secondary N) is 1. The molecule has 1 N–H and O–H groups in total. The summed E-state index contributed by atoms with van der Waals surface area (Å²) in [5, 5.41) is 2.87. The first kappa shape index (κ1) is 26.3. The van der Waals surface area contributed by atoms with Crippen molar-refractivity contribution in [3.05, 3.63) is 65.5 Å². The van der Waals surface area contributed by atoms with Crippen molar-refractivity contribution in [2.24, 2.45) is 0 Å². The highest BCUT2D eigenvalue weighted by Crippen LogP contribution is 2.20. The van der Waals surface area contributed by atoms with E-state index in [-0.39, 0.29) is 24.2 Å². The summed E-state index contributed by atoms with van der Waals surface area (Å²) in [7, 11) is -3.89. The molecule has 180 valence electrons. The quantitative estimate of drug-likeness (QED) is 0.569. The molecule has 2 rings (SSSR count). The third-order valence-corrected chi connectivity index (χ3v) is 6.52. The number of hydrogen-bond donors (Lipinski definition) is 1. The van der Waals surface area contributed by atoms with Gasteiger partial charge in [-0.15, -0.1) is 0 Å². The van der Waals surface area contributed by atoms with Crippen LogP contribution in [-0.4, -0.2) is 50.0 Å². The Hall–Kier alpha value is -2.94. The molecule has 7 nitrogen and oxygen atoms in total. The highest BCUT2D eigenvalue weighted by molar-refractivity contribution is 7.92. The molecule has 0 aliphatic carbocycles. The predicted octanol–water partition coefficient (Wildman–Crippen LogP) is 3.23. The van der Waals surface area contributed by atoms with Crippen molar-refractivity contribution in [1.82, 2.24) is 10.2 Å². The maximum atomic E-state index is 13.8. The number of aryl methyl sites for hydroxylation is 1. The monoisotopic (exact) mass is 477 g/mol. The van der Waals surface area contributed by atoms with E-state index in [0.717, 1.165) is 34.2 Å². The molecule has 9 heteroatoms. The first-order valence-electron chi connectivity index (χ1n) is 10.8. The highest BCUT2D eigenvalue weighted by atomic mass is 32.2. The molecule has 0 saturated carbocycles. The molecule has 0 unspecified atom stereocenters. The van der Waals surface area contributed by atoms with Gasteiger partial charge in [0.15, 0.2) is 0 Å². The minimum Gasteiger partial charge on any atom is -0.352 e. The van der Waals surface area contributed by atoms with Crippen LogP contribution in [0.2, 0.25) is 0 Å². The first-order chi connectivity index (χ1) is 15.4. The van der Waals surface area contributed by atoms with Crippen LogP contribution in [0.25, 0.3) is 0 Å². The van der Waals surface area contributed by atoms with Crippen LogP contribution >= 0.6 is 0 Å². The van der Waals surface area contributed by atoms with Crippen LogP contribution in [0.5, 0.6) is 0 Å². The van der Waals surface area contributed by atoms with E-state index >= 15 is 0 Å². The molecule has 0 aliphatic heterocycles. The number of anilines is 1. The van der Waals surface area contributed by atoms with Gasteiger partial charge < -0.3 is 10.2 Å². The van der Waals surface area contributed by atoms with E-state index in [1.165, 1.54) is 23.1 Å². The van der Waals surface area contributed by atoms with Gasteiger partial charge in [0.1, 0.15) is 18.4 Å². The molecule has 0 bridgehead atoms. The van der Waals surface area contributed by atoms with Crippen LogP contribution in [0.1, 0.15) is 38.3 Å². The fourth-order valence-corrected chi connectivity index (χ4v) is 4.14. The zero-order valence-electron chi connectivity index (χ0n) is 19.7. The Kier molecular flexibility index (Phi) is 8.99. The van der Waals surface area contributed by atoms with Gasteiger partial charge >= 0.3 is 0 Å². The lowest BCUT2D eigenvalue weighted by atomic mass is 10.1. The van der Waals surface area contributed by atoms with Gasteiger partial charge in [-0.3, -0.25) is 13.9 Å². The molecule has 0 heterocycles. The topological polar surface area (TPSA) is 86.8 Å². The van der Waals surface area contributed by atoms with Crippen LogP contribution in [0.15, 0.2) is 48.5 Å². The summed E-state index contributed by atoms with van der Waals surface area (Å²) in [4.78, 5) is 27.6. The van der Waals surface area contributed by atoms with Crippen molar-refractivity contribution in [3.8, 4) is 0 Å². The zero-order chi connectivity index (χ0) is 24.8. The van der Waals surface area contributed by atoms with Gasteiger partial charge in [0, 0.05) is 12.6 Å². The lowest BCUT2D eigenvalue weighted by molar-refractivity contribution is -0.139. The SMILES string of the molecule is CC[C@H](C)NC(=O)[C@H](C)N(Cc1cccc(C)c1)C(=O)CN(c1cccc(F)c1)S(C)(=O)=O. The second kappa shape index (κ2) is 11.3. The number of carbonyl (C=O) groups excluding carboxylic acids is 2. The number of rotatable bonds is 10. The second-order valence-electron chi connectivity index (χ2n) is 8.25. The number of carbonyl (C=O) groups is 2. The molecule has 0 fully saturated rings. The molecule has 0 saturated heterocycles. The summed E-state index contributed by atoms with van der Waals surface area (Å²) in [5.74, 6) is -1.52. The summed E-state index contributed by atoms with van der Waals surface area (Å²) in [6, 6.07) is 11.6. The van der Waals surface area contributed by atoms with Crippen molar-refractivity contribution in [2.75, 3.05) is 17.1 Å². The molecule has 0 radical (unpaired) electrons. The number of sulfonamides is 1. The molecule has 0 spiro atoms. The van der Waals surface area contributed by atoms with Crippen molar-refractivity contribution in [3.63, 3.8) is 0 Å². The van der Waals surface area contributed by atoms with Crippen LogP contribution in [0.3, 0.4) is 0 Å². The summed E-state index contributed by atoms with van der Waals surface area (Å²) in [5.41, 5.74) is 1.84. The van der Waals surface area contributed by atoms with E-state index in [2.05, 4.69) is 5.32 Å². The van der Waals surface area contributed by atoms with E-state index < -0.39 is 34.3 Å². The van der Waals surface area contributed by atoms with Crippen LogP contribution in [0.4, 0.5) is 10.1 Å². The lowest BCUT2D eigenvalue weighted by Crippen LogP contribution is -2.52. The second-order valence-corrected chi connectivity index (χ2v) is 10.2. The minimum absolute atomic E-state index is 0.0399. The van der Waals surface area contributed by atoms with E-state index in [4.69, 9.17) is 0 Å². The molecular weight excluding hydrogens is 445 g/mol. The normalized spacial score (nSPS) is 13.2. The van der Waals surface area contributed by atoms with Gasteiger partial charge in [0.05, 0.1) is 11.9 Å². The summed E-state index contributed by atoms with van der Waals surface area (Å²) < 4.78 is 39.5. The third kappa shape index (κ3) is 7.56. The van der Waals surface area contributed by atoms with E-state index in [1.807, 2.05) is 45.0 Å². The fourth-order valence-electron chi connectivity index (χ4n) is 3.30. The summed E-state index contributed by atoms with van der Waals surface area (Å²) in [6.07, 6.45) is 1.68. The molecule has 2 atom stereocenters. The first-order valence-corrected chi connectivity index (χ1v) is 12.7. The Morgan fingerprint density at radius 3 is 2.33 bits per heavy atom. The maximum absolute atomic E-state index is 13.8. The van der Waals surface area contributed by atoms with Crippen LogP contribution in [0, 0.1) is 12.7 Å². The van der Waals surface area contributed by atoms with Crippen molar-refractivity contribution in [2.45, 2.75) is 52.7 Å². The molecule has 0 aliphatic rings. The maximum Gasteiger partial charge on any atom is 0.244 e. The molecule has 33 heavy (non-hydrogen) atoms. The van der Waals surface area contributed by atoms with Gasteiger partial charge in [0.2, 0.25) is 21.8 Å². The molecule has 2 amide bonds. The summed E-state index contributed by atoms with van der Waals surface area (Å²) >= 11 is 0. The lowest BCUT2D eigenvalue weighted by Gasteiger charge is -2.32. The Morgan fingerprint density at radius 1 is 1.09 bits per heavy atom. The van der Waals surface area contributed by atoms with Crippen molar-refractivity contribution in [1.29, 1.82) is 0 Å². The van der Waals surface area contributed by atoms with E-state index in [0.29, 0.717) is 0 Å². The highest BCUT2D eigenvalue weighted by Gasteiger charge is 2.30. The fraction of sp³-hybridized carbons (Fsp3) is 0.417. The number of amides is 2. The number of benzene rings is 2. The number of hydrogen-bond acceptors (Lipinski definition) is 4.